The molecular formula is C28H21Cl2OP. The van der Waals surface area contributed by atoms with Crippen LogP contribution in [0, 0.1) is 13.8 Å². The number of rotatable bonds is 3. The van der Waals surface area contributed by atoms with E-state index in [1.165, 1.54) is 0 Å². The third-order valence-electron chi connectivity index (χ3n) is 6.04. The first-order valence-electron chi connectivity index (χ1n) is 10.4. The Balaban J connectivity index is 2.05. The molecule has 0 amide bonds. The average Bonchev–Trinajstić information content (AvgIpc) is 2.80. The molecule has 0 N–H and O–H groups in total. The van der Waals surface area contributed by atoms with Crippen molar-refractivity contribution in [3.8, 4) is 0 Å². The van der Waals surface area contributed by atoms with Crippen molar-refractivity contribution in [3.05, 3.63) is 112 Å². The van der Waals surface area contributed by atoms with Crippen LogP contribution < -0.4 is 15.9 Å². The summed E-state index contributed by atoms with van der Waals surface area (Å²) in [7, 11) is -3.47. The van der Waals surface area contributed by atoms with Gasteiger partial charge in [-0.1, -0.05) is 102 Å². The van der Waals surface area contributed by atoms with Crippen molar-refractivity contribution >= 4 is 67.8 Å². The van der Waals surface area contributed by atoms with Gasteiger partial charge in [-0.15, -0.1) is 0 Å². The van der Waals surface area contributed by atoms with Gasteiger partial charge < -0.3 is 4.57 Å². The maximum atomic E-state index is 15.7. The quantitative estimate of drug-likeness (QED) is 0.246. The van der Waals surface area contributed by atoms with E-state index in [1.54, 1.807) is 0 Å². The summed E-state index contributed by atoms with van der Waals surface area (Å²) in [6.45, 7) is 4.02. The molecule has 0 unspecified atom stereocenters. The summed E-state index contributed by atoms with van der Waals surface area (Å²) in [5, 5.41) is 6.78. The Bertz CT molecular complexity index is 1470. The molecule has 1 nitrogen and oxygen atoms in total. The van der Waals surface area contributed by atoms with Crippen LogP contribution in [0.1, 0.15) is 11.1 Å². The van der Waals surface area contributed by atoms with E-state index in [9.17, 15) is 0 Å². The molecule has 0 aliphatic rings. The predicted octanol–water partition coefficient (Wildman–Crippen LogP) is 7.56. The second-order valence-corrected chi connectivity index (χ2v) is 11.5. The molecule has 0 aliphatic carbocycles. The highest BCUT2D eigenvalue weighted by Gasteiger charge is 2.38. The Hall–Kier alpha value is -2.57. The number of halogens is 2. The first kappa shape index (κ1) is 21.3. The van der Waals surface area contributed by atoms with Crippen LogP contribution in [0.4, 0.5) is 0 Å². The minimum Gasteiger partial charge on any atom is -0.308 e. The van der Waals surface area contributed by atoms with Gasteiger partial charge in [0.2, 0.25) is 0 Å². The minimum absolute atomic E-state index is 0.483. The number of aryl methyl sites for hydroxylation is 2. The second-order valence-electron chi connectivity index (χ2n) is 8.13. The second kappa shape index (κ2) is 8.09. The van der Waals surface area contributed by atoms with Crippen LogP contribution in [0.25, 0.3) is 21.5 Å². The van der Waals surface area contributed by atoms with E-state index in [0.29, 0.717) is 20.7 Å². The van der Waals surface area contributed by atoms with Gasteiger partial charge in [-0.3, -0.25) is 0 Å². The van der Waals surface area contributed by atoms with Gasteiger partial charge in [0.1, 0.15) is 0 Å². The lowest BCUT2D eigenvalue weighted by Crippen LogP contribution is -2.29. The van der Waals surface area contributed by atoms with E-state index in [2.05, 4.69) is 0 Å². The molecular weight excluding hydrogens is 454 g/mol. The fraction of sp³-hybridized carbons (Fsp3) is 0.0714. The van der Waals surface area contributed by atoms with Gasteiger partial charge in [0.15, 0.2) is 7.14 Å². The predicted molar refractivity (Wildman–Crippen MR) is 140 cm³/mol. The number of benzene rings is 5. The molecule has 0 bridgehead atoms. The molecule has 0 fully saturated rings. The first-order valence-corrected chi connectivity index (χ1v) is 12.9. The molecule has 0 aromatic heterocycles. The van der Waals surface area contributed by atoms with Crippen LogP contribution in [0.5, 0.6) is 0 Å². The van der Waals surface area contributed by atoms with Crippen LogP contribution >= 0.6 is 30.3 Å². The summed E-state index contributed by atoms with van der Waals surface area (Å²) in [5.41, 5.74) is 1.99. The Labute approximate surface area is 198 Å². The first-order chi connectivity index (χ1) is 15.4. The molecule has 0 heterocycles. The molecule has 5 rings (SSSR count). The third-order valence-corrected chi connectivity index (χ3v) is 10.3. The third kappa shape index (κ3) is 3.28. The lowest BCUT2D eigenvalue weighted by molar-refractivity contribution is 0.592. The van der Waals surface area contributed by atoms with Crippen molar-refractivity contribution in [2.75, 3.05) is 0 Å². The van der Waals surface area contributed by atoms with Crippen molar-refractivity contribution in [3.63, 3.8) is 0 Å². The van der Waals surface area contributed by atoms with Crippen LogP contribution in [-0.4, -0.2) is 0 Å². The Morgan fingerprint density at radius 3 is 1.66 bits per heavy atom. The fourth-order valence-corrected chi connectivity index (χ4v) is 9.05. The highest BCUT2D eigenvalue weighted by molar-refractivity contribution is 7.86. The monoisotopic (exact) mass is 474 g/mol. The zero-order valence-electron chi connectivity index (χ0n) is 17.8. The summed E-state index contributed by atoms with van der Waals surface area (Å²) in [6.07, 6.45) is 0. The van der Waals surface area contributed by atoms with Gasteiger partial charge in [-0.05, 0) is 59.2 Å². The molecule has 0 radical (unpaired) electrons. The van der Waals surface area contributed by atoms with E-state index >= 15 is 4.57 Å². The smallest absolute Gasteiger partial charge is 0.175 e. The average molecular weight is 475 g/mol. The molecule has 0 saturated carbocycles. The van der Waals surface area contributed by atoms with Gasteiger partial charge >= 0.3 is 0 Å². The lowest BCUT2D eigenvalue weighted by atomic mass is 10.1. The van der Waals surface area contributed by atoms with Gasteiger partial charge in [-0.2, -0.15) is 0 Å². The zero-order valence-corrected chi connectivity index (χ0v) is 20.2. The molecule has 4 heteroatoms. The Morgan fingerprint density at radius 2 is 1.12 bits per heavy atom. The molecule has 32 heavy (non-hydrogen) atoms. The normalized spacial score (nSPS) is 11.9. The summed E-state index contributed by atoms with van der Waals surface area (Å²) >= 11 is 13.7. The van der Waals surface area contributed by atoms with E-state index in [4.69, 9.17) is 23.2 Å². The van der Waals surface area contributed by atoms with Crippen LogP contribution in [0.2, 0.25) is 10.0 Å². The highest BCUT2D eigenvalue weighted by atomic mass is 35.5. The van der Waals surface area contributed by atoms with E-state index in [-0.39, 0.29) is 0 Å². The van der Waals surface area contributed by atoms with E-state index in [1.807, 2.05) is 105 Å². The van der Waals surface area contributed by atoms with Crippen molar-refractivity contribution < 1.29 is 4.57 Å². The Morgan fingerprint density at radius 1 is 0.625 bits per heavy atom. The van der Waals surface area contributed by atoms with E-state index in [0.717, 1.165) is 38.0 Å². The fourth-order valence-electron chi connectivity index (χ4n) is 4.51. The number of fused-ring (bicyclic) bond motifs is 2. The largest absolute Gasteiger partial charge is 0.308 e. The molecule has 5 aromatic rings. The van der Waals surface area contributed by atoms with Gasteiger partial charge in [0, 0.05) is 15.9 Å². The number of hydrogen-bond donors (Lipinski definition) is 0. The van der Waals surface area contributed by atoms with Crippen molar-refractivity contribution in [2.24, 2.45) is 0 Å². The molecule has 0 aliphatic heterocycles. The summed E-state index contributed by atoms with van der Waals surface area (Å²) < 4.78 is 15.7. The van der Waals surface area contributed by atoms with Gasteiger partial charge in [0.05, 0.1) is 10.0 Å². The number of hydrogen-bond acceptors (Lipinski definition) is 1. The standard InChI is InChI=1S/C28H21Cl2OP/c1-18-11-12-19(2)26(17-18)32(31,27-22-9-5-3-7-20(22)13-15-24(27)29)28-23-10-6-4-8-21(23)14-16-25(28)30/h3-17H,1-2H3. The zero-order chi connectivity index (χ0) is 22.5. The van der Waals surface area contributed by atoms with E-state index < -0.39 is 7.14 Å². The molecule has 5 aromatic carbocycles. The molecule has 158 valence electrons. The Kier molecular flexibility index (Phi) is 5.38. The van der Waals surface area contributed by atoms with Crippen molar-refractivity contribution in [1.82, 2.24) is 0 Å². The van der Waals surface area contributed by atoms with Crippen molar-refractivity contribution in [1.29, 1.82) is 0 Å². The van der Waals surface area contributed by atoms with Crippen LogP contribution in [0.3, 0.4) is 0 Å². The molecule has 0 spiro atoms. The summed E-state index contributed by atoms with van der Waals surface area (Å²) in [6, 6.07) is 29.6. The summed E-state index contributed by atoms with van der Waals surface area (Å²) in [4.78, 5) is 0. The van der Waals surface area contributed by atoms with Crippen molar-refractivity contribution in [2.45, 2.75) is 13.8 Å². The topological polar surface area (TPSA) is 17.1 Å². The summed E-state index contributed by atoms with van der Waals surface area (Å²) in [5.74, 6) is 0. The maximum Gasteiger partial charge on any atom is 0.175 e. The van der Waals surface area contributed by atoms with Gasteiger partial charge in [-0.25, -0.2) is 0 Å². The van der Waals surface area contributed by atoms with Gasteiger partial charge in [0.25, 0.3) is 0 Å². The lowest BCUT2D eigenvalue weighted by Gasteiger charge is -2.26. The molecule has 0 atom stereocenters. The highest BCUT2D eigenvalue weighted by Crippen LogP contribution is 2.50. The molecule has 0 saturated heterocycles. The van der Waals surface area contributed by atoms with Crippen LogP contribution in [0.15, 0.2) is 91.0 Å². The van der Waals surface area contributed by atoms with Crippen LogP contribution in [-0.2, 0) is 4.57 Å². The maximum absolute atomic E-state index is 15.7. The SMILES string of the molecule is Cc1ccc(C)c(P(=O)(c2c(Cl)ccc3ccccc23)c2c(Cl)ccc3ccccc23)c1. The minimum atomic E-state index is -3.47.